The third-order valence-corrected chi connectivity index (χ3v) is 4.08. The molecule has 0 radical (unpaired) electrons. The van der Waals surface area contributed by atoms with Gasteiger partial charge in [0, 0.05) is 25.2 Å². The van der Waals surface area contributed by atoms with Gasteiger partial charge in [-0.3, -0.25) is 0 Å². The molecular weight excluding hydrogens is 222 g/mol. The van der Waals surface area contributed by atoms with Crippen LogP contribution in [0.25, 0.3) is 0 Å². The van der Waals surface area contributed by atoms with Gasteiger partial charge in [0.25, 0.3) is 0 Å². The third-order valence-electron chi connectivity index (χ3n) is 4.08. The van der Waals surface area contributed by atoms with Crippen molar-refractivity contribution in [3.63, 3.8) is 0 Å². The minimum Gasteiger partial charge on any atom is -0.381 e. The van der Waals surface area contributed by atoms with Crippen LogP contribution < -0.4 is 5.73 Å². The van der Waals surface area contributed by atoms with Crippen LogP contribution >= 0.6 is 0 Å². The Morgan fingerprint density at radius 3 is 2.67 bits per heavy atom. The minimum atomic E-state index is 0.0751. The summed E-state index contributed by atoms with van der Waals surface area (Å²) in [6.45, 7) is 6.96. The van der Waals surface area contributed by atoms with Crippen molar-refractivity contribution in [2.75, 3.05) is 19.8 Å². The fourth-order valence-electron chi connectivity index (χ4n) is 2.52. The molecule has 0 amide bonds. The molecule has 0 aliphatic carbocycles. The molecule has 2 heteroatoms. The Labute approximate surface area is 111 Å². The van der Waals surface area contributed by atoms with Crippen molar-refractivity contribution in [2.45, 2.75) is 38.5 Å². The third kappa shape index (κ3) is 3.33. The molecule has 0 atom stereocenters. The lowest BCUT2D eigenvalue weighted by Gasteiger charge is -2.25. The molecule has 1 aromatic rings. The molecule has 2 N–H and O–H groups in total. The molecule has 0 bridgehead atoms. The van der Waals surface area contributed by atoms with Crippen LogP contribution in [0.15, 0.2) is 24.3 Å². The second-order valence-corrected chi connectivity index (χ2v) is 6.05. The smallest absolute Gasteiger partial charge is 0.0468 e. The molecule has 1 saturated heterocycles. The average molecular weight is 247 g/mol. The fourth-order valence-corrected chi connectivity index (χ4v) is 2.52. The van der Waals surface area contributed by atoms with E-state index < -0.39 is 0 Å². The van der Waals surface area contributed by atoms with Gasteiger partial charge >= 0.3 is 0 Å². The zero-order valence-electron chi connectivity index (χ0n) is 11.6. The Bertz CT molecular complexity index is 380. The minimum absolute atomic E-state index is 0.0751. The van der Waals surface area contributed by atoms with E-state index in [9.17, 15) is 0 Å². The lowest BCUT2D eigenvalue weighted by Crippen LogP contribution is -2.28. The number of ether oxygens (including phenoxy) is 1. The molecule has 0 aromatic heterocycles. The summed E-state index contributed by atoms with van der Waals surface area (Å²) in [6.07, 6.45) is 3.58. The SMILES string of the molecule is CC(C)(CN)c1cccc(CC2CCOCC2)c1. The van der Waals surface area contributed by atoms with E-state index >= 15 is 0 Å². The van der Waals surface area contributed by atoms with E-state index in [1.807, 2.05) is 0 Å². The maximum Gasteiger partial charge on any atom is 0.0468 e. The van der Waals surface area contributed by atoms with Crippen molar-refractivity contribution in [3.05, 3.63) is 35.4 Å². The van der Waals surface area contributed by atoms with Gasteiger partial charge < -0.3 is 10.5 Å². The Morgan fingerprint density at radius 1 is 1.28 bits per heavy atom. The van der Waals surface area contributed by atoms with Gasteiger partial charge in [-0.25, -0.2) is 0 Å². The molecule has 1 fully saturated rings. The first kappa shape index (κ1) is 13.6. The van der Waals surface area contributed by atoms with Gasteiger partial charge in [0.15, 0.2) is 0 Å². The lowest BCUT2D eigenvalue weighted by molar-refractivity contribution is 0.0665. The molecule has 1 aliphatic rings. The van der Waals surface area contributed by atoms with E-state index in [1.54, 1.807) is 0 Å². The first-order valence-electron chi connectivity index (χ1n) is 6.99. The van der Waals surface area contributed by atoms with Crippen molar-refractivity contribution in [2.24, 2.45) is 11.7 Å². The predicted octanol–water partition coefficient (Wildman–Crippen LogP) is 2.89. The largest absolute Gasteiger partial charge is 0.381 e. The molecule has 0 spiro atoms. The van der Waals surface area contributed by atoms with Crippen molar-refractivity contribution in [1.82, 2.24) is 0 Å². The maximum absolute atomic E-state index is 5.86. The lowest BCUT2D eigenvalue weighted by atomic mass is 9.83. The average Bonchev–Trinajstić information content (AvgIpc) is 2.40. The van der Waals surface area contributed by atoms with Crippen LogP contribution in [0.5, 0.6) is 0 Å². The van der Waals surface area contributed by atoms with Gasteiger partial charge in [0.05, 0.1) is 0 Å². The maximum atomic E-state index is 5.86. The van der Waals surface area contributed by atoms with E-state index in [-0.39, 0.29) is 5.41 Å². The molecular formula is C16H25NO. The van der Waals surface area contributed by atoms with E-state index in [1.165, 1.54) is 30.4 Å². The number of nitrogens with two attached hydrogens (primary N) is 1. The number of benzene rings is 1. The van der Waals surface area contributed by atoms with Crippen LogP contribution in [0.2, 0.25) is 0 Å². The molecule has 2 rings (SSSR count). The van der Waals surface area contributed by atoms with Crippen LogP contribution in [0, 0.1) is 5.92 Å². The van der Waals surface area contributed by atoms with Crippen LogP contribution in [-0.4, -0.2) is 19.8 Å². The summed E-state index contributed by atoms with van der Waals surface area (Å²) >= 11 is 0. The summed E-state index contributed by atoms with van der Waals surface area (Å²) in [5.41, 5.74) is 8.73. The zero-order chi connectivity index (χ0) is 13.0. The Kier molecular flexibility index (Phi) is 4.41. The van der Waals surface area contributed by atoms with Gasteiger partial charge in [-0.05, 0) is 36.3 Å². The monoisotopic (exact) mass is 247 g/mol. The fraction of sp³-hybridized carbons (Fsp3) is 0.625. The second-order valence-electron chi connectivity index (χ2n) is 6.05. The Hall–Kier alpha value is -0.860. The van der Waals surface area contributed by atoms with E-state index in [2.05, 4.69) is 38.1 Å². The summed E-state index contributed by atoms with van der Waals surface area (Å²) in [5, 5.41) is 0. The van der Waals surface area contributed by atoms with Crippen molar-refractivity contribution in [1.29, 1.82) is 0 Å². The summed E-state index contributed by atoms with van der Waals surface area (Å²) in [4.78, 5) is 0. The van der Waals surface area contributed by atoms with Crippen molar-refractivity contribution >= 4 is 0 Å². The van der Waals surface area contributed by atoms with E-state index in [0.29, 0.717) is 6.54 Å². The number of hydrogen-bond donors (Lipinski definition) is 1. The standard InChI is InChI=1S/C16H25NO/c1-16(2,12-17)15-5-3-4-14(11-15)10-13-6-8-18-9-7-13/h3-5,11,13H,6-10,12,17H2,1-2H3. The highest BCUT2D eigenvalue weighted by Crippen LogP contribution is 2.25. The van der Waals surface area contributed by atoms with Gasteiger partial charge in [-0.2, -0.15) is 0 Å². The molecule has 18 heavy (non-hydrogen) atoms. The van der Waals surface area contributed by atoms with E-state index in [0.717, 1.165) is 19.1 Å². The summed E-state index contributed by atoms with van der Waals surface area (Å²) in [5.74, 6) is 0.787. The highest BCUT2D eigenvalue weighted by molar-refractivity contribution is 5.29. The highest BCUT2D eigenvalue weighted by atomic mass is 16.5. The first-order chi connectivity index (χ1) is 8.62. The number of hydrogen-bond acceptors (Lipinski definition) is 2. The predicted molar refractivity (Wildman–Crippen MR) is 75.8 cm³/mol. The summed E-state index contributed by atoms with van der Waals surface area (Å²) in [7, 11) is 0. The molecule has 1 heterocycles. The van der Waals surface area contributed by atoms with Gasteiger partial charge in [-0.15, -0.1) is 0 Å². The molecule has 0 saturated carbocycles. The van der Waals surface area contributed by atoms with E-state index in [4.69, 9.17) is 10.5 Å². The topological polar surface area (TPSA) is 35.2 Å². The molecule has 2 nitrogen and oxygen atoms in total. The summed E-state index contributed by atoms with van der Waals surface area (Å²) in [6, 6.07) is 8.94. The molecule has 1 aliphatic heterocycles. The molecule has 100 valence electrons. The zero-order valence-corrected chi connectivity index (χ0v) is 11.6. The number of rotatable bonds is 4. The summed E-state index contributed by atoms with van der Waals surface area (Å²) < 4.78 is 5.42. The van der Waals surface area contributed by atoms with Crippen LogP contribution in [0.3, 0.4) is 0 Å². The highest BCUT2D eigenvalue weighted by Gasteiger charge is 2.19. The normalized spacial score (nSPS) is 17.9. The second kappa shape index (κ2) is 5.85. The Morgan fingerprint density at radius 2 is 2.00 bits per heavy atom. The van der Waals surface area contributed by atoms with Gasteiger partial charge in [-0.1, -0.05) is 38.1 Å². The van der Waals surface area contributed by atoms with Crippen LogP contribution in [0.1, 0.15) is 37.8 Å². The van der Waals surface area contributed by atoms with Crippen molar-refractivity contribution < 1.29 is 4.74 Å². The quantitative estimate of drug-likeness (QED) is 0.888. The molecule has 1 aromatic carbocycles. The van der Waals surface area contributed by atoms with Crippen LogP contribution in [0.4, 0.5) is 0 Å². The van der Waals surface area contributed by atoms with Gasteiger partial charge in [0.1, 0.15) is 0 Å². The van der Waals surface area contributed by atoms with Crippen molar-refractivity contribution in [3.8, 4) is 0 Å². The molecule has 0 unspecified atom stereocenters. The Balaban J connectivity index is 2.07. The van der Waals surface area contributed by atoms with Crippen LogP contribution in [-0.2, 0) is 16.6 Å². The first-order valence-corrected chi connectivity index (χ1v) is 6.99. The van der Waals surface area contributed by atoms with Gasteiger partial charge in [0.2, 0.25) is 0 Å².